The lowest BCUT2D eigenvalue weighted by atomic mass is 10.3. The van der Waals surface area contributed by atoms with Crippen molar-refractivity contribution < 1.29 is 9.47 Å². The lowest BCUT2D eigenvalue weighted by molar-refractivity contribution is 0.392. The van der Waals surface area contributed by atoms with E-state index in [-0.39, 0.29) is 0 Å². The molecule has 0 amide bonds. The van der Waals surface area contributed by atoms with E-state index in [4.69, 9.17) is 9.47 Å². The van der Waals surface area contributed by atoms with E-state index in [9.17, 15) is 0 Å². The van der Waals surface area contributed by atoms with Crippen molar-refractivity contribution in [1.29, 1.82) is 0 Å². The van der Waals surface area contributed by atoms with Crippen molar-refractivity contribution >= 4 is 0 Å². The molecule has 0 aliphatic rings. The van der Waals surface area contributed by atoms with E-state index in [1.807, 2.05) is 54.6 Å². The Hall–Kier alpha value is -2.22. The van der Waals surface area contributed by atoms with Gasteiger partial charge in [-0.2, -0.15) is 0 Å². The monoisotopic (exact) mass is 225 g/mol. The summed E-state index contributed by atoms with van der Waals surface area (Å²) in [5, 5.41) is 0. The fourth-order valence-corrected chi connectivity index (χ4v) is 1.37. The number of ether oxygens (including phenoxy) is 2. The maximum atomic E-state index is 5.73. The second kappa shape index (κ2) is 5.75. The molecule has 1 radical (unpaired) electrons. The maximum Gasteiger partial charge on any atom is 0.169 e. The molecule has 2 heteroatoms. The summed E-state index contributed by atoms with van der Waals surface area (Å²) in [7, 11) is 0. The van der Waals surface area contributed by atoms with E-state index >= 15 is 0 Å². The van der Waals surface area contributed by atoms with Crippen molar-refractivity contribution in [1.82, 2.24) is 0 Å². The maximum absolute atomic E-state index is 5.73. The SMILES string of the molecule is C=C[CH]Oc1ccccc1Oc1ccccc1. The number of rotatable bonds is 5. The van der Waals surface area contributed by atoms with Crippen LogP contribution in [-0.2, 0) is 0 Å². The van der Waals surface area contributed by atoms with Crippen molar-refractivity contribution in [3.63, 3.8) is 0 Å². The number of para-hydroxylation sites is 3. The van der Waals surface area contributed by atoms with Crippen LogP contribution in [0.2, 0.25) is 0 Å². The van der Waals surface area contributed by atoms with Gasteiger partial charge >= 0.3 is 0 Å². The highest BCUT2D eigenvalue weighted by atomic mass is 16.5. The Kier molecular flexibility index (Phi) is 3.81. The largest absolute Gasteiger partial charge is 0.478 e. The summed E-state index contributed by atoms with van der Waals surface area (Å²) in [4.78, 5) is 0. The molecular formula is C15H13O2. The molecule has 0 saturated heterocycles. The Labute approximate surface area is 101 Å². The van der Waals surface area contributed by atoms with Crippen molar-refractivity contribution in [2.24, 2.45) is 0 Å². The lowest BCUT2D eigenvalue weighted by Gasteiger charge is -2.10. The van der Waals surface area contributed by atoms with Gasteiger partial charge in [-0.25, -0.2) is 0 Å². The minimum atomic E-state index is 0.663. The molecule has 0 atom stereocenters. The van der Waals surface area contributed by atoms with Crippen LogP contribution < -0.4 is 9.47 Å². The molecule has 2 rings (SSSR count). The van der Waals surface area contributed by atoms with Crippen LogP contribution in [-0.4, -0.2) is 0 Å². The van der Waals surface area contributed by atoms with Gasteiger partial charge in [0.15, 0.2) is 18.1 Å². The van der Waals surface area contributed by atoms with E-state index in [1.165, 1.54) is 6.61 Å². The summed E-state index contributed by atoms with van der Waals surface area (Å²) < 4.78 is 11.1. The van der Waals surface area contributed by atoms with Crippen LogP contribution in [0.5, 0.6) is 17.2 Å². The van der Waals surface area contributed by atoms with Gasteiger partial charge in [0.2, 0.25) is 0 Å². The van der Waals surface area contributed by atoms with Crippen molar-refractivity contribution in [3.8, 4) is 17.2 Å². The minimum absolute atomic E-state index is 0.663. The molecule has 85 valence electrons. The number of benzene rings is 2. The summed E-state index contributed by atoms with van der Waals surface area (Å²) in [6.07, 6.45) is 1.58. The number of hydrogen-bond donors (Lipinski definition) is 0. The Balaban J connectivity index is 2.17. The van der Waals surface area contributed by atoms with Crippen LogP contribution in [0.3, 0.4) is 0 Å². The van der Waals surface area contributed by atoms with Gasteiger partial charge in [-0.15, -0.1) is 0 Å². The smallest absolute Gasteiger partial charge is 0.169 e. The molecule has 2 aromatic carbocycles. The predicted molar refractivity (Wildman–Crippen MR) is 68.1 cm³/mol. The van der Waals surface area contributed by atoms with Crippen molar-refractivity contribution in [3.05, 3.63) is 73.9 Å². The number of hydrogen-bond acceptors (Lipinski definition) is 2. The molecule has 2 nitrogen and oxygen atoms in total. The molecule has 0 aliphatic carbocycles. The molecule has 0 aliphatic heterocycles. The van der Waals surface area contributed by atoms with Gasteiger partial charge < -0.3 is 9.47 Å². The normalized spacial score (nSPS) is 9.65. The van der Waals surface area contributed by atoms with Gasteiger partial charge in [0.1, 0.15) is 5.75 Å². The minimum Gasteiger partial charge on any atom is -0.478 e. The van der Waals surface area contributed by atoms with Gasteiger partial charge in [0.05, 0.1) is 0 Å². The van der Waals surface area contributed by atoms with E-state index in [1.54, 1.807) is 6.08 Å². The highest BCUT2D eigenvalue weighted by Gasteiger charge is 2.04. The molecule has 0 heterocycles. The second-order valence-electron chi connectivity index (χ2n) is 3.35. The molecular weight excluding hydrogens is 212 g/mol. The fraction of sp³-hybridized carbons (Fsp3) is 0. The molecule has 2 aromatic rings. The molecule has 0 saturated carbocycles. The Morgan fingerprint density at radius 1 is 0.824 bits per heavy atom. The summed E-state index contributed by atoms with van der Waals surface area (Å²) >= 11 is 0. The zero-order chi connectivity index (χ0) is 11.9. The van der Waals surface area contributed by atoms with E-state index in [2.05, 4.69) is 6.58 Å². The lowest BCUT2D eigenvalue weighted by Crippen LogP contribution is -1.91. The van der Waals surface area contributed by atoms with E-state index < -0.39 is 0 Å². The van der Waals surface area contributed by atoms with E-state index in [0.29, 0.717) is 11.5 Å². The van der Waals surface area contributed by atoms with Crippen LogP contribution in [0.25, 0.3) is 0 Å². The molecule has 0 N–H and O–H groups in total. The van der Waals surface area contributed by atoms with E-state index in [0.717, 1.165) is 5.75 Å². The highest BCUT2D eigenvalue weighted by molar-refractivity contribution is 5.43. The second-order valence-corrected chi connectivity index (χ2v) is 3.35. The molecule has 17 heavy (non-hydrogen) atoms. The molecule has 0 bridgehead atoms. The predicted octanol–water partition coefficient (Wildman–Crippen LogP) is 4.21. The van der Waals surface area contributed by atoms with Crippen LogP contribution in [0.15, 0.2) is 67.3 Å². The first-order chi connectivity index (χ1) is 8.40. The average Bonchev–Trinajstić information content (AvgIpc) is 2.39. The fourth-order valence-electron chi connectivity index (χ4n) is 1.37. The van der Waals surface area contributed by atoms with Gasteiger partial charge in [-0.1, -0.05) is 36.9 Å². The Bertz CT molecular complexity index is 477. The molecule has 0 fully saturated rings. The summed E-state index contributed by atoms with van der Waals surface area (Å²) in [5.74, 6) is 2.12. The first-order valence-corrected chi connectivity index (χ1v) is 5.33. The van der Waals surface area contributed by atoms with Crippen LogP contribution >= 0.6 is 0 Å². The average molecular weight is 225 g/mol. The van der Waals surface area contributed by atoms with Crippen LogP contribution in [0.4, 0.5) is 0 Å². The summed E-state index contributed by atoms with van der Waals surface area (Å²) in [6, 6.07) is 17.1. The van der Waals surface area contributed by atoms with Crippen molar-refractivity contribution in [2.75, 3.05) is 0 Å². The third-order valence-electron chi connectivity index (χ3n) is 2.11. The Morgan fingerprint density at radius 2 is 1.47 bits per heavy atom. The highest BCUT2D eigenvalue weighted by Crippen LogP contribution is 2.31. The molecule has 0 unspecified atom stereocenters. The van der Waals surface area contributed by atoms with Gasteiger partial charge in [0.25, 0.3) is 0 Å². The quantitative estimate of drug-likeness (QED) is 0.759. The topological polar surface area (TPSA) is 18.5 Å². The first-order valence-electron chi connectivity index (χ1n) is 5.33. The zero-order valence-electron chi connectivity index (χ0n) is 9.37. The summed E-state index contributed by atoms with van der Waals surface area (Å²) in [6.45, 7) is 5.09. The third kappa shape index (κ3) is 3.11. The Morgan fingerprint density at radius 3 is 2.18 bits per heavy atom. The van der Waals surface area contributed by atoms with Gasteiger partial charge in [0, 0.05) is 0 Å². The summed E-state index contributed by atoms with van der Waals surface area (Å²) in [5.41, 5.74) is 0. The van der Waals surface area contributed by atoms with Gasteiger partial charge in [-0.05, 0) is 30.3 Å². The van der Waals surface area contributed by atoms with Crippen LogP contribution in [0.1, 0.15) is 0 Å². The van der Waals surface area contributed by atoms with Gasteiger partial charge in [-0.3, -0.25) is 0 Å². The molecule has 0 aromatic heterocycles. The standard InChI is InChI=1S/C15H13O2/c1-2-12-16-14-10-6-7-11-15(14)17-13-8-4-3-5-9-13/h2-12H,1H2. The third-order valence-corrected chi connectivity index (χ3v) is 2.11. The first kappa shape index (κ1) is 11.3. The van der Waals surface area contributed by atoms with Crippen LogP contribution in [0, 0.1) is 6.61 Å². The molecule has 0 spiro atoms. The van der Waals surface area contributed by atoms with Crippen molar-refractivity contribution in [2.45, 2.75) is 0 Å². The zero-order valence-corrected chi connectivity index (χ0v) is 9.37.